The van der Waals surface area contributed by atoms with Crippen molar-refractivity contribution >= 4 is 23.4 Å². The lowest BCUT2D eigenvalue weighted by atomic mass is 10.1. The molecule has 2 aromatic rings. The molecule has 0 unspecified atom stereocenters. The fourth-order valence-corrected chi connectivity index (χ4v) is 4.45. The minimum Gasteiger partial charge on any atom is -0.366 e. The third-order valence-corrected chi connectivity index (χ3v) is 6.30. The highest BCUT2D eigenvalue weighted by Crippen LogP contribution is 2.29. The number of fused-ring (bicyclic) bond motifs is 1. The molecule has 2 aliphatic heterocycles. The van der Waals surface area contributed by atoms with Crippen molar-refractivity contribution in [1.29, 1.82) is 0 Å². The van der Waals surface area contributed by atoms with E-state index >= 15 is 0 Å². The Labute approximate surface area is 194 Å². The maximum absolute atomic E-state index is 13.3. The minimum absolute atomic E-state index is 0.0448. The fourth-order valence-electron chi connectivity index (χ4n) is 4.45. The van der Waals surface area contributed by atoms with E-state index in [-0.39, 0.29) is 18.4 Å². The Kier molecular flexibility index (Phi) is 6.89. The normalized spacial score (nSPS) is 16.4. The largest absolute Gasteiger partial charge is 0.366 e. The lowest BCUT2D eigenvalue weighted by molar-refractivity contribution is -0.119. The van der Waals surface area contributed by atoms with Gasteiger partial charge in [0.25, 0.3) is 5.91 Å². The zero-order valence-electron chi connectivity index (χ0n) is 18.8. The second-order valence-electron chi connectivity index (χ2n) is 8.67. The summed E-state index contributed by atoms with van der Waals surface area (Å²) in [5, 5.41) is 0. The van der Waals surface area contributed by atoms with E-state index in [0.29, 0.717) is 29.9 Å². The number of primary amides is 1. The number of hydrogen-bond donors (Lipinski definition) is 1. The molecule has 0 atom stereocenters. The Bertz CT molecular complexity index is 1060. The number of benzene rings is 2. The number of carbonyl (C=O) groups excluding carboxylic acids is 3. The lowest BCUT2D eigenvalue weighted by Crippen LogP contribution is -2.37. The number of amides is 3. The number of rotatable bonds is 7. The zero-order chi connectivity index (χ0) is 23.4. The van der Waals surface area contributed by atoms with Crippen LogP contribution in [-0.4, -0.2) is 53.7 Å². The van der Waals surface area contributed by atoms with Gasteiger partial charge in [0.2, 0.25) is 11.8 Å². The third-order valence-electron chi connectivity index (χ3n) is 6.30. The fraction of sp³-hybridized carbons (Fsp3) is 0.346. The summed E-state index contributed by atoms with van der Waals surface area (Å²) in [6.45, 7) is 7.36. The molecule has 33 heavy (non-hydrogen) atoms. The zero-order valence-corrected chi connectivity index (χ0v) is 18.8. The van der Waals surface area contributed by atoms with Crippen LogP contribution in [0.5, 0.6) is 0 Å². The highest BCUT2D eigenvalue weighted by molar-refractivity contribution is 5.99. The van der Waals surface area contributed by atoms with Crippen LogP contribution in [-0.2, 0) is 17.9 Å². The van der Waals surface area contributed by atoms with Crippen molar-refractivity contribution in [3.63, 3.8) is 0 Å². The maximum Gasteiger partial charge on any atom is 0.253 e. The second-order valence-corrected chi connectivity index (χ2v) is 8.67. The van der Waals surface area contributed by atoms with Crippen LogP contribution in [0.4, 0.5) is 5.69 Å². The first-order valence-electron chi connectivity index (χ1n) is 11.4. The van der Waals surface area contributed by atoms with Gasteiger partial charge in [-0.2, -0.15) is 0 Å². The van der Waals surface area contributed by atoms with Gasteiger partial charge in [-0.05, 0) is 54.7 Å². The van der Waals surface area contributed by atoms with Crippen molar-refractivity contribution < 1.29 is 14.4 Å². The SMILES string of the molecule is C=CCCN1CC(=O)N(Cc2ccc(C(=O)N3CCCC3)cc2)c2cc(C(N)=O)ccc2C1. The van der Waals surface area contributed by atoms with Crippen molar-refractivity contribution in [2.75, 3.05) is 31.1 Å². The van der Waals surface area contributed by atoms with Crippen molar-refractivity contribution in [1.82, 2.24) is 9.80 Å². The van der Waals surface area contributed by atoms with Crippen LogP contribution in [0.1, 0.15) is 51.1 Å². The number of hydrogen-bond acceptors (Lipinski definition) is 4. The first kappa shape index (κ1) is 22.7. The number of anilines is 1. The van der Waals surface area contributed by atoms with Crippen LogP contribution in [0.15, 0.2) is 55.1 Å². The molecule has 4 rings (SSSR count). The van der Waals surface area contributed by atoms with Crippen LogP contribution in [0.2, 0.25) is 0 Å². The first-order chi connectivity index (χ1) is 16.0. The summed E-state index contributed by atoms with van der Waals surface area (Å²) in [5.74, 6) is -0.515. The Hall–Kier alpha value is -3.45. The molecule has 0 aliphatic carbocycles. The molecule has 0 radical (unpaired) electrons. The van der Waals surface area contributed by atoms with Crippen molar-refractivity contribution in [2.24, 2.45) is 5.73 Å². The number of nitrogens with zero attached hydrogens (tertiary/aromatic N) is 3. The van der Waals surface area contributed by atoms with E-state index in [1.807, 2.05) is 41.3 Å². The second kappa shape index (κ2) is 10.0. The van der Waals surface area contributed by atoms with Gasteiger partial charge in [0.15, 0.2) is 0 Å². The average Bonchev–Trinajstić information content (AvgIpc) is 3.32. The van der Waals surface area contributed by atoms with Crippen molar-refractivity contribution in [3.8, 4) is 0 Å². The van der Waals surface area contributed by atoms with Crippen LogP contribution in [0.3, 0.4) is 0 Å². The Morgan fingerprint density at radius 2 is 1.70 bits per heavy atom. The predicted molar refractivity (Wildman–Crippen MR) is 128 cm³/mol. The Morgan fingerprint density at radius 3 is 2.36 bits per heavy atom. The summed E-state index contributed by atoms with van der Waals surface area (Å²) in [6.07, 6.45) is 4.73. The molecule has 172 valence electrons. The topological polar surface area (TPSA) is 87.0 Å². The van der Waals surface area contributed by atoms with Crippen LogP contribution < -0.4 is 10.6 Å². The van der Waals surface area contributed by atoms with E-state index in [1.165, 1.54) is 0 Å². The van der Waals surface area contributed by atoms with Crippen LogP contribution >= 0.6 is 0 Å². The molecule has 2 aromatic carbocycles. The third kappa shape index (κ3) is 5.14. The molecule has 2 aliphatic rings. The first-order valence-corrected chi connectivity index (χ1v) is 11.4. The highest BCUT2D eigenvalue weighted by atomic mass is 16.2. The minimum atomic E-state index is -0.525. The van der Waals surface area contributed by atoms with E-state index in [0.717, 1.165) is 50.0 Å². The monoisotopic (exact) mass is 446 g/mol. The molecule has 2 N–H and O–H groups in total. The summed E-state index contributed by atoms with van der Waals surface area (Å²) in [4.78, 5) is 43.4. The van der Waals surface area contributed by atoms with Gasteiger partial charge in [-0.15, -0.1) is 6.58 Å². The molecule has 0 saturated carbocycles. The predicted octanol–water partition coefficient (Wildman–Crippen LogP) is 2.95. The van der Waals surface area contributed by atoms with Gasteiger partial charge in [0.1, 0.15) is 0 Å². The van der Waals surface area contributed by atoms with Gasteiger partial charge < -0.3 is 15.5 Å². The van der Waals surface area contributed by atoms with Gasteiger partial charge in [0.05, 0.1) is 13.1 Å². The average molecular weight is 447 g/mol. The van der Waals surface area contributed by atoms with Gasteiger partial charge in [-0.25, -0.2) is 0 Å². The summed E-state index contributed by atoms with van der Waals surface area (Å²) in [7, 11) is 0. The standard InChI is InChI=1S/C26H30N4O3/c1-2-3-12-28-17-22-11-10-21(25(27)32)15-23(22)30(24(31)18-28)16-19-6-8-20(9-7-19)26(33)29-13-4-5-14-29/h2,6-11,15H,1,3-5,12-14,16-18H2,(H2,27,32). The Morgan fingerprint density at radius 1 is 1.00 bits per heavy atom. The maximum atomic E-state index is 13.3. The molecule has 3 amide bonds. The number of nitrogens with two attached hydrogens (primary N) is 1. The molecule has 7 heteroatoms. The van der Waals surface area contributed by atoms with Crippen LogP contribution in [0.25, 0.3) is 0 Å². The van der Waals surface area contributed by atoms with Crippen LogP contribution in [0, 0.1) is 0 Å². The molecule has 1 fully saturated rings. The van der Waals surface area contributed by atoms with Crippen molar-refractivity contribution in [2.45, 2.75) is 32.4 Å². The van der Waals surface area contributed by atoms with Crippen molar-refractivity contribution in [3.05, 3.63) is 77.4 Å². The van der Waals surface area contributed by atoms with Gasteiger partial charge >= 0.3 is 0 Å². The molecule has 7 nitrogen and oxygen atoms in total. The smallest absolute Gasteiger partial charge is 0.253 e. The molecule has 1 saturated heterocycles. The summed E-state index contributed by atoms with van der Waals surface area (Å²) >= 11 is 0. The molecule has 2 heterocycles. The summed E-state index contributed by atoms with van der Waals surface area (Å²) < 4.78 is 0. The molecule has 0 aromatic heterocycles. The summed E-state index contributed by atoms with van der Waals surface area (Å²) in [6, 6.07) is 12.7. The molecular formula is C26H30N4O3. The van der Waals surface area contributed by atoms with E-state index in [1.54, 1.807) is 17.0 Å². The van der Waals surface area contributed by atoms with Gasteiger partial charge in [-0.1, -0.05) is 24.3 Å². The Balaban J connectivity index is 1.60. The molecule has 0 spiro atoms. The highest BCUT2D eigenvalue weighted by Gasteiger charge is 2.27. The van der Waals surface area contributed by atoms with Gasteiger partial charge in [-0.3, -0.25) is 19.3 Å². The number of likely N-dealkylation sites (tertiary alicyclic amines) is 1. The van der Waals surface area contributed by atoms with E-state index in [9.17, 15) is 14.4 Å². The lowest BCUT2D eigenvalue weighted by Gasteiger charge is -2.24. The number of carbonyl (C=O) groups is 3. The summed E-state index contributed by atoms with van der Waals surface area (Å²) in [5.41, 5.74) is 9.13. The van der Waals surface area contributed by atoms with Gasteiger partial charge in [0, 0.05) is 43.0 Å². The molecule has 0 bridgehead atoms. The van der Waals surface area contributed by atoms with E-state index < -0.39 is 5.91 Å². The molecular weight excluding hydrogens is 416 g/mol. The van der Waals surface area contributed by atoms with E-state index in [2.05, 4.69) is 11.5 Å². The quantitative estimate of drug-likeness (QED) is 0.663. The van der Waals surface area contributed by atoms with E-state index in [4.69, 9.17) is 5.73 Å².